The third kappa shape index (κ3) is 2.25. The third-order valence-electron chi connectivity index (χ3n) is 3.44. The fourth-order valence-electron chi connectivity index (χ4n) is 2.83. The molecule has 0 radical (unpaired) electrons. The molecule has 0 aromatic heterocycles. The van der Waals surface area contributed by atoms with Crippen LogP contribution in [0.25, 0.3) is 0 Å². The van der Waals surface area contributed by atoms with Gasteiger partial charge in [-0.2, -0.15) is 0 Å². The molecule has 1 fully saturated rings. The standard InChI is InChI=1S/C12H25N/c1-6-11-7-8-12(9(2)3)13(11)10(4)5/h9-12H,6-8H2,1-5H3/t11-,12?/m1/s1. The van der Waals surface area contributed by atoms with Crippen LogP contribution < -0.4 is 0 Å². The molecule has 0 amide bonds. The average molecular weight is 183 g/mol. The van der Waals surface area contributed by atoms with Gasteiger partial charge < -0.3 is 0 Å². The predicted molar refractivity (Wildman–Crippen MR) is 58.9 cm³/mol. The minimum atomic E-state index is 0.722. The first-order chi connectivity index (χ1) is 6.07. The van der Waals surface area contributed by atoms with Gasteiger partial charge in [-0.15, -0.1) is 0 Å². The summed E-state index contributed by atoms with van der Waals surface area (Å²) in [6.07, 6.45) is 4.15. The largest absolute Gasteiger partial charge is 0.295 e. The van der Waals surface area contributed by atoms with Crippen molar-refractivity contribution in [1.29, 1.82) is 0 Å². The molecule has 1 heteroatoms. The molecule has 1 aliphatic heterocycles. The highest BCUT2D eigenvalue weighted by Gasteiger charge is 2.35. The summed E-state index contributed by atoms with van der Waals surface area (Å²) in [6.45, 7) is 11.7. The van der Waals surface area contributed by atoms with Gasteiger partial charge in [0.2, 0.25) is 0 Å². The van der Waals surface area contributed by atoms with Crippen molar-refractivity contribution in [2.24, 2.45) is 5.92 Å². The van der Waals surface area contributed by atoms with Crippen molar-refractivity contribution in [2.75, 3.05) is 0 Å². The number of hydrogen-bond donors (Lipinski definition) is 0. The molecule has 0 bridgehead atoms. The van der Waals surface area contributed by atoms with Gasteiger partial charge in [0, 0.05) is 18.1 Å². The van der Waals surface area contributed by atoms with Crippen molar-refractivity contribution in [1.82, 2.24) is 4.90 Å². The Morgan fingerprint density at radius 2 is 1.77 bits per heavy atom. The number of nitrogens with zero attached hydrogens (tertiary/aromatic N) is 1. The maximum atomic E-state index is 2.74. The zero-order valence-electron chi connectivity index (χ0n) is 9.88. The zero-order chi connectivity index (χ0) is 10.0. The van der Waals surface area contributed by atoms with Crippen LogP contribution in [0.4, 0.5) is 0 Å². The summed E-state index contributed by atoms with van der Waals surface area (Å²) >= 11 is 0. The first-order valence-corrected chi connectivity index (χ1v) is 5.85. The fraction of sp³-hybridized carbons (Fsp3) is 1.00. The monoisotopic (exact) mass is 183 g/mol. The molecule has 2 atom stereocenters. The van der Waals surface area contributed by atoms with E-state index in [0.717, 1.165) is 24.0 Å². The van der Waals surface area contributed by atoms with Gasteiger partial charge in [-0.05, 0) is 39.0 Å². The SMILES string of the molecule is CC[C@@H]1CCC(C(C)C)N1C(C)C. The smallest absolute Gasteiger partial charge is 0.0124 e. The highest BCUT2D eigenvalue weighted by molar-refractivity contribution is 4.90. The van der Waals surface area contributed by atoms with E-state index in [1.807, 2.05) is 0 Å². The molecule has 0 N–H and O–H groups in total. The lowest BCUT2D eigenvalue weighted by molar-refractivity contribution is 0.117. The summed E-state index contributed by atoms with van der Waals surface area (Å²) in [7, 11) is 0. The highest BCUT2D eigenvalue weighted by Crippen LogP contribution is 2.32. The summed E-state index contributed by atoms with van der Waals surface area (Å²) < 4.78 is 0. The van der Waals surface area contributed by atoms with Crippen LogP contribution in [0.2, 0.25) is 0 Å². The fourth-order valence-corrected chi connectivity index (χ4v) is 2.83. The van der Waals surface area contributed by atoms with Gasteiger partial charge in [-0.1, -0.05) is 20.8 Å². The molecule has 1 rings (SSSR count). The first kappa shape index (κ1) is 11.0. The van der Waals surface area contributed by atoms with Crippen LogP contribution in [0.15, 0.2) is 0 Å². The van der Waals surface area contributed by atoms with Gasteiger partial charge in [0.1, 0.15) is 0 Å². The van der Waals surface area contributed by atoms with Gasteiger partial charge in [0.05, 0.1) is 0 Å². The summed E-state index contributed by atoms with van der Waals surface area (Å²) in [5.74, 6) is 0.818. The van der Waals surface area contributed by atoms with E-state index in [1.165, 1.54) is 19.3 Å². The Kier molecular flexibility index (Phi) is 3.78. The second-order valence-electron chi connectivity index (χ2n) is 4.99. The first-order valence-electron chi connectivity index (χ1n) is 5.85. The van der Waals surface area contributed by atoms with Gasteiger partial charge >= 0.3 is 0 Å². The van der Waals surface area contributed by atoms with Crippen LogP contribution in [0, 0.1) is 5.92 Å². The van der Waals surface area contributed by atoms with Gasteiger partial charge in [0.25, 0.3) is 0 Å². The minimum absolute atomic E-state index is 0.722. The topological polar surface area (TPSA) is 3.24 Å². The predicted octanol–water partition coefficient (Wildman–Crippen LogP) is 3.29. The quantitative estimate of drug-likeness (QED) is 0.649. The lowest BCUT2D eigenvalue weighted by Crippen LogP contribution is -2.43. The molecule has 1 aliphatic rings. The van der Waals surface area contributed by atoms with Gasteiger partial charge in [0.15, 0.2) is 0 Å². The second-order valence-corrected chi connectivity index (χ2v) is 4.99. The summed E-state index contributed by atoms with van der Waals surface area (Å²) in [6, 6.07) is 2.41. The normalized spacial score (nSPS) is 30.7. The lowest BCUT2D eigenvalue weighted by atomic mass is 10.0. The molecule has 0 aromatic rings. The summed E-state index contributed by atoms with van der Waals surface area (Å²) in [4.78, 5) is 2.74. The Balaban J connectivity index is 2.67. The Morgan fingerprint density at radius 3 is 2.15 bits per heavy atom. The molecular weight excluding hydrogens is 158 g/mol. The maximum absolute atomic E-state index is 2.74. The van der Waals surface area contributed by atoms with E-state index in [4.69, 9.17) is 0 Å². The van der Waals surface area contributed by atoms with Crippen molar-refractivity contribution in [3.63, 3.8) is 0 Å². The molecule has 1 unspecified atom stereocenters. The summed E-state index contributed by atoms with van der Waals surface area (Å²) in [5.41, 5.74) is 0. The van der Waals surface area contributed by atoms with Crippen molar-refractivity contribution in [3.05, 3.63) is 0 Å². The zero-order valence-corrected chi connectivity index (χ0v) is 9.88. The number of likely N-dealkylation sites (tertiary alicyclic amines) is 1. The van der Waals surface area contributed by atoms with Crippen molar-refractivity contribution in [2.45, 2.75) is 72.0 Å². The van der Waals surface area contributed by atoms with Crippen molar-refractivity contribution < 1.29 is 0 Å². The molecule has 0 aromatic carbocycles. The van der Waals surface area contributed by atoms with Crippen LogP contribution >= 0.6 is 0 Å². The van der Waals surface area contributed by atoms with Crippen LogP contribution in [0.1, 0.15) is 53.9 Å². The lowest BCUT2D eigenvalue weighted by Gasteiger charge is -2.35. The molecule has 1 nitrogen and oxygen atoms in total. The number of hydrogen-bond acceptors (Lipinski definition) is 1. The van der Waals surface area contributed by atoms with Gasteiger partial charge in [-0.3, -0.25) is 4.90 Å². The van der Waals surface area contributed by atoms with Crippen LogP contribution in [-0.2, 0) is 0 Å². The van der Waals surface area contributed by atoms with E-state index in [2.05, 4.69) is 39.5 Å². The Labute approximate surface area is 83.5 Å². The van der Waals surface area contributed by atoms with E-state index in [-0.39, 0.29) is 0 Å². The molecule has 0 saturated carbocycles. The number of rotatable bonds is 3. The molecule has 13 heavy (non-hydrogen) atoms. The molecule has 0 aliphatic carbocycles. The van der Waals surface area contributed by atoms with Crippen LogP contribution in [0.5, 0.6) is 0 Å². The van der Waals surface area contributed by atoms with Crippen LogP contribution in [0.3, 0.4) is 0 Å². The van der Waals surface area contributed by atoms with Crippen LogP contribution in [-0.4, -0.2) is 23.0 Å². The Bertz CT molecular complexity index is 151. The average Bonchev–Trinajstić information content (AvgIpc) is 2.46. The van der Waals surface area contributed by atoms with E-state index in [9.17, 15) is 0 Å². The molecule has 0 spiro atoms. The van der Waals surface area contributed by atoms with E-state index in [0.29, 0.717) is 0 Å². The molecule has 78 valence electrons. The van der Waals surface area contributed by atoms with Crippen molar-refractivity contribution in [3.8, 4) is 0 Å². The molecular formula is C12H25N. The van der Waals surface area contributed by atoms with E-state index >= 15 is 0 Å². The highest BCUT2D eigenvalue weighted by atomic mass is 15.2. The minimum Gasteiger partial charge on any atom is -0.295 e. The van der Waals surface area contributed by atoms with Crippen molar-refractivity contribution >= 4 is 0 Å². The summed E-state index contributed by atoms with van der Waals surface area (Å²) in [5, 5.41) is 0. The van der Waals surface area contributed by atoms with Gasteiger partial charge in [-0.25, -0.2) is 0 Å². The second kappa shape index (κ2) is 4.45. The molecule has 1 saturated heterocycles. The Morgan fingerprint density at radius 1 is 1.15 bits per heavy atom. The van der Waals surface area contributed by atoms with E-state index in [1.54, 1.807) is 0 Å². The molecule has 1 heterocycles. The van der Waals surface area contributed by atoms with E-state index < -0.39 is 0 Å². The third-order valence-corrected chi connectivity index (χ3v) is 3.44. The maximum Gasteiger partial charge on any atom is 0.0124 e. The Hall–Kier alpha value is -0.0400.